The molecule has 5 rings (SSSR count). The summed E-state index contributed by atoms with van der Waals surface area (Å²) in [6, 6.07) is 35.1. The summed E-state index contributed by atoms with van der Waals surface area (Å²) in [4.78, 5) is 16.5. The van der Waals surface area contributed by atoms with Crippen molar-refractivity contribution in [2.45, 2.75) is 79.5 Å². The van der Waals surface area contributed by atoms with Crippen LogP contribution in [0.4, 0.5) is 43.9 Å². The Morgan fingerprint density at radius 2 is 0.912 bits per heavy atom. The second-order valence-electron chi connectivity index (χ2n) is 13.0. The number of rotatable bonds is 8. The average molecular weight is 847 g/mol. The van der Waals surface area contributed by atoms with Crippen molar-refractivity contribution >= 4 is 26.8 Å². The quantitative estimate of drug-likeness (QED) is 0.0675. The van der Waals surface area contributed by atoms with E-state index >= 15 is 0 Å². The Morgan fingerprint density at radius 3 is 1.30 bits per heavy atom. The Bertz CT molecular complexity index is 2200. The van der Waals surface area contributed by atoms with E-state index in [1.165, 1.54) is 67.4 Å². The monoisotopic (exact) mass is 846 g/mol. The lowest BCUT2D eigenvalue weighted by Crippen LogP contribution is -2.63. The molecule has 4 nitrogen and oxygen atoms in total. The number of ketones is 1. The first-order valence-corrected chi connectivity index (χ1v) is 19.2. The molecule has 0 amide bonds. The molecule has 0 bridgehead atoms. The first kappa shape index (κ1) is 46.7. The summed E-state index contributed by atoms with van der Waals surface area (Å²) in [5.74, 6) is -15.3. The molecule has 0 N–H and O–H groups in total. The summed E-state index contributed by atoms with van der Waals surface area (Å²) in [6.07, 6.45) is -7.16. The van der Waals surface area contributed by atoms with Crippen molar-refractivity contribution in [1.82, 2.24) is 0 Å². The SMILES string of the molecule is Cc1cc(C)c([S+](c2ccccc2)c2ccc(C(=O)c3ccc(F)cc3)cc2)c(C)c1.Cc1cc(C)cc(C)c1.O=S(=O)([O-])C(F)(F)C(F)(F)C(F)(F)C(F)(F)F. The van der Waals surface area contributed by atoms with E-state index in [9.17, 15) is 61.7 Å². The maximum atomic E-state index is 13.2. The standard InChI is InChI=1S/C28H24FOS.C9H12.C4HF9O3S/c1-19-17-20(2)28(21(3)18-19)31(25-7-5-4-6-8-25)26-15-11-23(12-16-26)27(30)22-9-13-24(29)14-10-22;1-7-4-8(2)6-9(3)5-7;5-1(6,3(9,10)11)2(7,8)4(12,13)17(14,15)16/h4-18H,1-3H3;4-6H,1-3H3;(H,14,15,16)/q+1;;/p-1. The van der Waals surface area contributed by atoms with Gasteiger partial charge in [-0.2, -0.15) is 39.5 Å². The molecule has 0 aromatic heterocycles. The van der Waals surface area contributed by atoms with Crippen molar-refractivity contribution in [3.63, 3.8) is 0 Å². The molecule has 306 valence electrons. The van der Waals surface area contributed by atoms with Crippen LogP contribution in [0.3, 0.4) is 0 Å². The zero-order chi connectivity index (χ0) is 43.3. The summed E-state index contributed by atoms with van der Waals surface area (Å²) >= 11 is 0. The van der Waals surface area contributed by atoms with Gasteiger partial charge in [-0.25, -0.2) is 12.8 Å². The Morgan fingerprint density at radius 1 is 0.544 bits per heavy atom. The van der Waals surface area contributed by atoms with Crippen molar-refractivity contribution in [1.29, 1.82) is 0 Å². The second kappa shape index (κ2) is 17.9. The van der Waals surface area contributed by atoms with Crippen LogP contribution in [0.25, 0.3) is 0 Å². The molecule has 0 heterocycles. The van der Waals surface area contributed by atoms with Gasteiger partial charge in [-0.05, 0) is 102 Å². The molecule has 5 aromatic rings. The number of carbonyl (C=O) groups excluding carboxylic acids is 1. The molecule has 0 fully saturated rings. The molecule has 0 aliphatic rings. The number of hydrogen-bond donors (Lipinski definition) is 0. The fraction of sp³-hybridized carbons (Fsp3) is 0.244. The van der Waals surface area contributed by atoms with Gasteiger partial charge in [0.05, 0.1) is 10.9 Å². The topological polar surface area (TPSA) is 74.3 Å². The highest BCUT2D eigenvalue weighted by atomic mass is 32.2. The van der Waals surface area contributed by atoms with E-state index in [1.807, 2.05) is 30.3 Å². The molecule has 1 unspecified atom stereocenters. The second-order valence-corrected chi connectivity index (χ2v) is 16.4. The van der Waals surface area contributed by atoms with Crippen LogP contribution in [0, 0.1) is 47.4 Å². The predicted octanol–water partition coefficient (Wildman–Crippen LogP) is 11.6. The van der Waals surface area contributed by atoms with E-state index in [1.54, 1.807) is 0 Å². The average Bonchev–Trinajstić information content (AvgIpc) is 3.09. The van der Waals surface area contributed by atoms with Crippen molar-refractivity contribution in [2.24, 2.45) is 0 Å². The van der Waals surface area contributed by atoms with E-state index in [4.69, 9.17) is 0 Å². The summed E-state index contributed by atoms with van der Waals surface area (Å²) in [5.41, 5.74) is 8.96. The molecular weight excluding hydrogens is 811 g/mol. The third-order valence-electron chi connectivity index (χ3n) is 8.04. The van der Waals surface area contributed by atoms with Gasteiger partial charge in [0.2, 0.25) is 0 Å². The maximum absolute atomic E-state index is 13.2. The fourth-order valence-electron chi connectivity index (χ4n) is 5.65. The highest BCUT2D eigenvalue weighted by molar-refractivity contribution is 7.97. The molecule has 0 aliphatic heterocycles. The Kier molecular flexibility index (Phi) is 14.6. The minimum atomic E-state index is -7.43. The number of alkyl halides is 9. The molecule has 0 saturated carbocycles. The van der Waals surface area contributed by atoms with E-state index in [0.29, 0.717) is 11.1 Å². The van der Waals surface area contributed by atoms with Gasteiger partial charge in [-0.1, -0.05) is 70.8 Å². The van der Waals surface area contributed by atoms with Crippen LogP contribution in [0.15, 0.2) is 124 Å². The van der Waals surface area contributed by atoms with Gasteiger partial charge in [0.15, 0.2) is 30.6 Å². The van der Waals surface area contributed by atoms with Crippen LogP contribution in [-0.4, -0.2) is 42.0 Å². The number of benzene rings is 5. The summed E-state index contributed by atoms with van der Waals surface area (Å²) in [5, 5.41) is -7.11. The minimum Gasteiger partial charge on any atom is -0.743 e. The van der Waals surface area contributed by atoms with Gasteiger partial charge in [0, 0.05) is 22.3 Å². The molecule has 1 atom stereocenters. The maximum Gasteiger partial charge on any atom is 0.460 e. The molecule has 0 spiro atoms. The highest BCUT2D eigenvalue weighted by Crippen LogP contribution is 2.54. The Hall–Kier alpha value is -4.67. The zero-order valence-corrected chi connectivity index (χ0v) is 32.8. The van der Waals surface area contributed by atoms with Crippen molar-refractivity contribution < 1.29 is 61.7 Å². The van der Waals surface area contributed by atoms with Crippen LogP contribution in [0.5, 0.6) is 0 Å². The predicted molar refractivity (Wildman–Crippen MR) is 197 cm³/mol. The first-order valence-electron chi connectivity index (χ1n) is 16.6. The first-order chi connectivity index (χ1) is 26.1. The van der Waals surface area contributed by atoms with Crippen molar-refractivity contribution in [2.75, 3.05) is 0 Å². The molecule has 16 heteroatoms. The normalized spacial score (nSPS) is 12.8. The zero-order valence-electron chi connectivity index (χ0n) is 31.1. The number of halogens is 10. The van der Waals surface area contributed by atoms with E-state index < -0.39 is 33.4 Å². The van der Waals surface area contributed by atoms with Gasteiger partial charge in [0.25, 0.3) is 0 Å². The molecule has 0 aliphatic carbocycles. The largest absolute Gasteiger partial charge is 0.743 e. The van der Waals surface area contributed by atoms with Crippen molar-refractivity contribution in [3.8, 4) is 0 Å². The number of hydrogen-bond acceptors (Lipinski definition) is 4. The number of aryl methyl sites for hydroxylation is 6. The lowest BCUT2D eigenvalue weighted by Gasteiger charge is -2.34. The van der Waals surface area contributed by atoms with Gasteiger partial charge >= 0.3 is 23.3 Å². The Labute approximate surface area is 326 Å². The molecule has 0 saturated heterocycles. The lowest BCUT2D eigenvalue weighted by molar-refractivity contribution is -0.382. The smallest absolute Gasteiger partial charge is 0.460 e. The molecule has 57 heavy (non-hydrogen) atoms. The fourth-order valence-corrected chi connectivity index (χ4v) is 8.43. The minimum absolute atomic E-state index is 0.103. The molecular formula is C41H36F10O4S2. The van der Waals surface area contributed by atoms with Gasteiger partial charge < -0.3 is 4.55 Å². The van der Waals surface area contributed by atoms with Crippen LogP contribution in [-0.2, 0) is 21.0 Å². The summed E-state index contributed by atoms with van der Waals surface area (Å²) in [6.45, 7) is 12.8. The van der Waals surface area contributed by atoms with Crippen molar-refractivity contribution in [3.05, 3.63) is 160 Å². The van der Waals surface area contributed by atoms with Gasteiger partial charge in [-0.15, -0.1) is 0 Å². The third-order valence-corrected chi connectivity index (χ3v) is 11.5. The van der Waals surface area contributed by atoms with Crippen LogP contribution < -0.4 is 0 Å². The highest BCUT2D eigenvalue weighted by Gasteiger charge is 2.83. The Balaban J connectivity index is 0.000000280. The van der Waals surface area contributed by atoms with Gasteiger partial charge in [0.1, 0.15) is 5.82 Å². The van der Waals surface area contributed by atoms with Crippen LogP contribution >= 0.6 is 0 Å². The molecule has 0 radical (unpaired) electrons. The van der Waals surface area contributed by atoms with Crippen LogP contribution in [0.1, 0.15) is 49.3 Å². The van der Waals surface area contributed by atoms with Crippen LogP contribution in [0.2, 0.25) is 0 Å². The van der Waals surface area contributed by atoms with E-state index in [-0.39, 0.29) is 22.5 Å². The van der Waals surface area contributed by atoms with Gasteiger partial charge in [-0.3, -0.25) is 4.79 Å². The van der Waals surface area contributed by atoms with E-state index in [0.717, 1.165) is 4.90 Å². The lowest BCUT2D eigenvalue weighted by atomic mass is 10.0. The summed E-state index contributed by atoms with van der Waals surface area (Å²) < 4.78 is 149. The summed E-state index contributed by atoms with van der Waals surface area (Å²) in [7, 11) is -7.69. The molecule has 5 aromatic carbocycles. The third kappa shape index (κ3) is 10.8. The van der Waals surface area contributed by atoms with E-state index in [2.05, 4.69) is 96.1 Å². The number of carbonyl (C=O) groups is 1.